The molecule has 0 aromatic heterocycles. The van der Waals surface area contributed by atoms with Crippen molar-refractivity contribution in [2.45, 2.75) is 25.9 Å². The SMILES string of the molecule is CC1CCN(Cc2ccc(O)c(F)c2)C1C(=O)O. The third-order valence-electron chi connectivity index (χ3n) is 3.45. The second-order valence-electron chi connectivity index (χ2n) is 4.81. The van der Waals surface area contributed by atoms with Gasteiger partial charge in [0.2, 0.25) is 0 Å². The number of hydrogen-bond donors (Lipinski definition) is 2. The Morgan fingerprint density at radius 1 is 1.56 bits per heavy atom. The minimum absolute atomic E-state index is 0.101. The maximum atomic E-state index is 13.2. The van der Waals surface area contributed by atoms with Crippen LogP contribution in [0.15, 0.2) is 18.2 Å². The van der Waals surface area contributed by atoms with Crippen LogP contribution in [0, 0.1) is 11.7 Å². The second kappa shape index (κ2) is 4.94. The fourth-order valence-electron chi connectivity index (χ4n) is 2.49. The van der Waals surface area contributed by atoms with Crippen molar-refractivity contribution in [2.75, 3.05) is 6.54 Å². The van der Waals surface area contributed by atoms with E-state index in [1.165, 1.54) is 12.1 Å². The van der Waals surface area contributed by atoms with Crippen molar-refractivity contribution >= 4 is 5.97 Å². The molecule has 2 unspecified atom stereocenters. The topological polar surface area (TPSA) is 60.8 Å². The van der Waals surface area contributed by atoms with Gasteiger partial charge in [-0.25, -0.2) is 4.39 Å². The summed E-state index contributed by atoms with van der Waals surface area (Å²) in [7, 11) is 0. The molecule has 0 aliphatic carbocycles. The number of carboxylic acid groups (broad SMARTS) is 1. The summed E-state index contributed by atoms with van der Waals surface area (Å²) in [6.07, 6.45) is 0.831. The fourth-order valence-corrected chi connectivity index (χ4v) is 2.49. The molecule has 1 fully saturated rings. The number of halogens is 1. The lowest BCUT2D eigenvalue weighted by Crippen LogP contribution is -2.38. The Bertz CT molecular complexity index is 464. The van der Waals surface area contributed by atoms with Crippen molar-refractivity contribution < 1.29 is 19.4 Å². The lowest BCUT2D eigenvalue weighted by atomic mass is 10.0. The van der Waals surface area contributed by atoms with Gasteiger partial charge in [-0.15, -0.1) is 0 Å². The van der Waals surface area contributed by atoms with Crippen LogP contribution in [0.1, 0.15) is 18.9 Å². The van der Waals surface area contributed by atoms with Gasteiger partial charge >= 0.3 is 5.97 Å². The molecule has 0 amide bonds. The normalized spacial score (nSPS) is 24.3. The number of phenols is 1. The standard InChI is InChI=1S/C13H16FNO3/c1-8-4-5-15(12(8)13(17)18)7-9-2-3-11(16)10(14)6-9/h2-3,6,8,12,16H,4-5,7H2,1H3,(H,17,18). The van der Waals surface area contributed by atoms with E-state index < -0.39 is 17.8 Å². The van der Waals surface area contributed by atoms with Gasteiger partial charge in [0.25, 0.3) is 0 Å². The number of aliphatic carboxylic acids is 1. The number of likely N-dealkylation sites (tertiary alicyclic amines) is 1. The fraction of sp³-hybridized carbons (Fsp3) is 0.462. The van der Waals surface area contributed by atoms with Crippen molar-refractivity contribution in [1.82, 2.24) is 4.90 Å². The minimum Gasteiger partial charge on any atom is -0.505 e. The summed E-state index contributed by atoms with van der Waals surface area (Å²) < 4.78 is 13.2. The van der Waals surface area contributed by atoms with Crippen LogP contribution in [0.25, 0.3) is 0 Å². The number of carbonyl (C=O) groups is 1. The van der Waals surface area contributed by atoms with E-state index in [9.17, 15) is 14.3 Å². The summed E-state index contributed by atoms with van der Waals surface area (Å²) >= 11 is 0. The molecule has 98 valence electrons. The molecular weight excluding hydrogens is 237 g/mol. The number of aromatic hydroxyl groups is 1. The van der Waals surface area contributed by atoms with Crippen LogP contribution in [0.5, 0.6) is 5.75 Å². The molecule has 1 saturated heterocycles. The van der Waals surface area contributed by atoms with Gasteiger partial charge in [-0.05, 0) is 36.6 Å². The van der Waals surface area contributed by atoms with Gasteiger partial charge < -0.3 is 10.2 Å². The molecule has 0 spiro atoms. The molecule has 4 nitrogen and oxygen atoms in total. The van der Waals surface area contributed by atoms with Crippen molar-refractivity contribution in [1.29, 1.82) is 0 Å². The van der Waals surface area contributed by atoms with E-state index in [1.54, 1.807) is 6.07 Å². The summed E-state index contributed by atoms with van der Waals surface area (Å²) in [5.41, 5.74) is 0.672. The average Bonchev–Trinajstić information content (AvgIpc) is 2.65. The first-order chi connectivity index (χ1) is 8.49. The Hall–Kier alpha value is -1.62. The molecule has 2 rings (SSSR count). The zero-order chi connectivity index (χ0) is 13.3. The maximum Gasteiger partial charge on any atom is 0.321 e. The Morgan fingerprint density at radius 2 is 2.28 bits per heavy atom. The first kappa shape index (κ1) is 12.8. The van der Waals surface area contributed by atoms with Crippen LogP contribution in [-0.2, 0) is 11.3 Å². The zero-order valence-electron chi connectivity index (χ0n) is 10.1. The van der Waals surface area contributed by atoms with E-state index in [2.05, 4.69) is 0 Å². The predicted molar refractivity (Wildman–Crippen MR) is 63.7 cm³/mol. The molecule has 18 heavy (non-hydrogen) atoms. The van der Waals surface area contributed by atoms with Gasteiger partial charge in [-0.2, -0.15) is 0 Å². The highest BCUT2D eigenvalue weighted by Gasteiger charge is 2.36. The average molecular weight is 253 g/mol. The van der Waals surface area contributed by atoms with Gasteiger partial charge in [0.05, 0.1) is 0 Å². The molecule has 0 saturated carbocycles. The number of hydrogen-bond acceptors (Lipinski definition) is 3. The van der Waals surface area contributed by atoms with E-state index >= 15 is 0 Å². The van der Waals surface area contributed by atoms with Crippen molar-refractivity contribution in [3.8, 4) is 5.75 Å². The summed E-state index contributed by atoms with van der Waals surface area (Å²) in [6.45, 7) is 3.00. The summed E-state index contributed by atoms with van der Waals surface area (Å²) in [6, 6.07) is 3.64. The number of phenolic OH excluding ortho intramolecular Hbond substituents is 1. The zero-order valence-corrected chi connectivity index (χ0v) is 10.1. The third-order valence-corrected chi connectivity index (χ3v) is 3.45. The van der Waals surface area contributed by atoms with Gasteiger partial charge in [0.15, 0.2) is 11.6 Å². The highest BCUT2D eigenvalue weighted by atomic mass is 19.1. The van der Waals surface area contributed by atoms with Gasteiger partial charge in [-0.3, -0.25) is 9.69 Å². The van der Waals surface area contributed by atoms with Crippen molar-refractivity contribution in [3.63, 3.8) is 0 Å². The predicted octanol–water partition coefficient (Wildman–Crippen LogP) is 1.83. The lowest BCUT2D eigenvalue weighted by molar-refractivity contribution is -0.143. The molecule has 1 aromatic rings. The molecular formula is C13H16FNO3. The number of benzene rings is 1. The molecule has 1 heterocycles. The monoisotopic (exact) mass is 253 g/mol. The number of nitrogens with zero attached hydrogens (tertiary/aromatic N) is 1. The van der Waals surface area contributed by atoms with Crippen LogP contribution in [-0.4, -0.2) is 33.7 Å². The van der Waals surface area contributed by atoms with Crippen molar-refractivity contribution in [2.24, 2.45) is 5.92 Å². The van der Waals surface area contributed by atoms with Crippen LogP contribution < -0.4 is 0 Å². The van der Waals surface area contributed by atoms with E-state index in [0.717, 1.165) is 6.42 Å². The van der Waals surface area contributed by atoms with Crippen LogP contribution in [0.2, 0.25) is 0 Å². The van der Waals surface area contributed by atoms with Crippen LogP contribution >= 0.6 is 0 Å². The summed E-state index contributed by atoms with van der Waals surface area (Å²) in [4.78, 5) is 13.0. The minimum atomic E-state index is -0.834. The van der Waals surface area contributed by atoms with E-state index in [4.69, 9.17) is 5.11 Å². The molecule has 2 atom stereocenters. The van der Waals surface area contributed by atoms with E-state index in [0.29, 0.717) is 18.7 Å². The molecule has 5 heteroatoms. The first-order valence-corrected chi connectivity index (χ1v) is 5.93. The maximum absolute atomic E-state index is 13.2. The Morgan fingerprint density at radius 3 is 2.89 bits per heavy atom. The molecule has 1 aliphatic rings. The molecule has 0 bridgehead atoms. The largest absolute Gasteiger partial charge is 0.505 e. The molecule has 1 aromatic carbocycles. The van der Waals surface area contributed by atoms with Gasteiger partial charge in [0, 0.05) is 6.54 Å². The van der Waals surface area contributed by atoms with E-state index in [-0.39, 0.29) is 11.7 Å². The van der Waals surface area contributed by atoms with Gasteiger partial charge in [0.1, 0.15) is 6.04 Å². The molecule has 0 radical (unpaired) electrons. The second-order valence-corrected chi connectivity index (χ2v) is 4.81. The quantitative estimate of drug-likeness (QED) is 0.862. The van der Waals surface area contributed by atoms with E-state index in [1.807, 2.05) is 11.8 Å². The highest BCUT2D eigenvalue weighted by molar-refractivity contribution is 5.74. The third kappa shape index (κ3) is 2.46. The Balaban J connectivity index is 2.13. The lowest BCUT2D eigenvalue weighted by Gasteiger charge is -2.23. The van der Waals surface area contributed by atoms with Crippen LogP contribution in [0.4, 0.5) is 4.39 Å². The van der Waals surface area contributed by atoms with Crippen molar-refractivity contribution in [3.05, 3.63) is 29.6 Å². The first-order valence-electron chi connectivity index (χ1n) is 5.93. The van der Waals surface area contributed by atoms with Gasteiger partial charge in [-0.1, -0.05) is 13.0 Å². The number of rotatable bonds is 3. The summed E-state index contributed by atoms with van der Waals surface area (Å²) in [5.74, 6) is -1.79. The smallest absolute Gasteiger partial charge is 0.321 e. The highest BCUT2D eigenvalue weighted by Crippen LogP contribution is 2.26. The number of carboxylic acids is 1. The van der Waals surface area contributed by atoms with Crippen LogP contribution in [0.3, 0.4) is 0 Å². The summed E-state index contributed by atoms with van der Waals surface area (Å²) in [5, 5.41) is 18.3. The molecule has 2 N–H and O–H groups in total. The Kier molecular flexibility index (Phi) is 3.52. The Labute approximate surface area is 105 Å². The molecule has 1 aliphatic heterocycles.